The summed E-state index contributed by atoms with van der Waals surface area (Å²) in [6.07, 6.45) is 0. The molecule has 8 nitrogen and oxygen atoms in total. The molecule has 1 aliphatic rings. The third-order valence-electron chi connectivity index (χ3n) is 3.97. The van der Waals surface area contributed by atoms with Crippen molar-refractivity contribution >= 4 is 12.0 Å². The van der Waals surface area contributed by atoms with Crippen molar-refractivity contribution in [2.24, 2.45) is 5.92 Å². The van der Waals surface area contributed by atoms with E-state index in [-0.39, 0.29) is 12.3 Å². The molecule has 1 aliphatic heterocycles. The number of benzene rings is 1. The van der Waals surface area contributed by atoms with Crippen LogP contribution < -0.4 is 20.1 Å². The minimum absolute atomic E-state index is 0.128. The van der Waals surface area contributed by atoms with E-state index in [1.165, 1.54) is 14.2 Å². The number of esters is 1. The van der Waals surface area contributed by atoms with E-state index in [1.807, 2.05) is 6.92 Å². The predicted molar refractivity (Wildman–Crippen MR) is 94.0 cm³/mol. The summed E-state index contributed by atoms with van der Waals surface area (Å²) in [5.74, 6) is -0.243. The Morgan fingerprint density at radius 2 is 1.92 bits per heavy atom. The van der Waals surface area contributed by atoms with Crippen LogP contribution in [0.5, 0.6) is 11.5 Å². The largest absolute Gasteiger partial charge is 0.493 e. The van der Waals surface area contributed by atoms with Gasteiger partial charge >= 0.3 is 12.0 Å². The van der Waals surface area contributed by atoms with Crippen LogP contribution >= 0.6 is 0 Å². The average molecular weight is 364 g/mol. The summed E-state index contributed by atoms with van der Waals surface area (Å²) in [6, 6.07) is 4.10. The number of ether oxygens (including phenoxy) is 4. The van der Waals surface area contributed by atoms with Gasteiger partial charge in [0.1, 0.15) is 12.5 Å². The Hall–Kier alpha value is -2.74. The normalized spacial score (nSPS) is 19.3. The number of urea groups is 1. The number of carbonyl (C=O) groups excluding carboxylic acids is 2. The zero-order valence-corrected chi connectivity index (χ0v) is 15.2. The van der Waals surface area contributed by atoms with E-state index >= 15 is 0 Å². The predicted octanol–water partition coefficient (Wildman–Crippen LogP) is 1.77. The van der Waals surface area contributed by atoms with Gasteiger partial charge in [0.2, 0.25) is 0 Å². The molecule has 1 aromatic carbocycles. The second-order valence-electron chi connectivity index (χ2n) is 5.56. The third kappa shape index (κ3) is 4.45. The lowest BCUT2D eigenvalue weighted by Gasteiger charge is -2.33. The second kappa shape index (κ2) is 9.10. The number of carbonyl (C=O) groups is 2. The van der Waals surface area contributed by atoms with E-state index in [0.29, 0.717) is 30.3 Å². The molecule has 2 amide bonds. The van der Waals surface area contributed by atoms with Gasteiger partial charge in [0.25, 0.3) is 0 Å². The Kier molecular flexibility index (Phi) is 6.85. The lowest BCUT2D eigenvalue weighted by atomic mass is 9.89. The van der Waals surface area contributed by atoms with Gasteiger partial charge in [-0.15, -0.1) is 0 Å². The molecule has 1 fully saturated rings. The highest BCUT2D eigenvalue weighted by Gasteiger charge is 2.39. The monoisotopic (exact) mass is 364 g/mol. The molecule has 2 rings (SSSR count). The zero-order valence-electron chi connectivity index (χ0n) is 15.2. The fraction of sp³-hybridized carbons (Fsp3) is 0.444. The first kappa shape index (κ1) is 19.6. The van der Waals surface area contributed by atoms with Crippen molar-refractivity contribution < 1.29 is 28.5 Å². The SMILES string of the molecule is C=C1NC(=O)N[C@H](c2ccc(OC)c(OC)c2)[C@H]1C(=O)OCCOCC. The Labute approximate surface area is 152 Å². The van der Waals surface area contributed by atoms with Gasteiger partial charge in [-0.3, -0.25) is 4.79 Å². The third-order valence-corrected chi connectivity index (χ3v) is 3.97. The Morgan fingerprint density at radius 3 is 2.58 bits per heavy atom. The van der Waals surface area contributed by atoms with Crippen molar-refractivity contribution in [3.8, 4) is 11.5 Å². The molecule has 0 spiro atoms. The molecule has 26 heavy (non-hydrogen) atoms. The summed E-state index contributed by atoms with van der Waals surface area (Å²) in [4.78, 5) is 24.4. The molecular formula is C18H24N2O6. The fourth-order valence-corrected chi connectivity index (χ4v) is 2.72. The first-order valence-electron chi connectivity index (χ1n) is 8.24. The Morgan fingerprint density at radius 1 is 1.19 bits per heavy atom. The number of nitrogens with one attached hydrogen (secondary N) is 2. The summed E-state index contributed by atoms with van der Waals surface area (Å²) in [7, 11) is 3.05. The molecular weight excluding hydrogens is 340 g/mol. The molecule has 0 unspecified atom stereocenters. The van der Waals surface area contributed by atoms with Gasteiger partial charge in [0, 0.05) is 12.3 Å². The quantitative estimate of drug-likeness (QED) is 0.539. The van der Waals surface area contributed by atoms with E-state index in [1.54, 1.807) is 18.2 Å². The summed E-state index contributed by atoms with van der Waals surface area (Å²) < 4.78 is 21.0. The lowest BCUT2D eigenvalue weighted by Crippen LogP contribution is -2.51. The van der Waals surface area contributed by atoms with Crippen molar-refractivity contribution in [2.45, 2.75) is 13.0 Å². The molecule has 2 atom stereocenters. The number of amides is 2. The first-order chi connectivity index (χ1) is 12.5. The highest BCUT2D eigenvalue weighted by atomic mass is 16.6. The van der Waals surface area contributed by atoms with Gasteiger partial charge in [-0.2, -0.15) is 0 Å². The van der Waals surface area contributed by atoms with Crippen molar-refractivity contribution in [1.29, 1.82) is 0 Å². The van der Waals surface area contributed by atoms with Crippen molar-refractivity contribution in [2.75, 3.05) is 34.0 Å². The zero-order chi connectivity index (χ0) is 19.1. The highest BCUT2D eigenvalue weighted by molar-refractivity contribution is 5.85. The van der Waals surface area contributed by atoms with Gasteiger partial charge in [-0.25, -0.2) is 4.79 Å². The highest BCUT2D eigenvalue weighted by Crippen LogP contribution is 2.35. The standard InChI is InChI=1S/C18H24N2O6/c1-5-25-8-9-26-17(21)15-11(2)19-18(22)20-16(15)12-6-7-13(23-3)14(10-12)24-4/h6-7,10,15-16H,2,5,8-9H2,1,3-4H3,(H2,19,20,22)/t15-,16+/m0/s1. The lowest BCUT2D eigenvalue weighted by molar-refractivity contribution is -0.150. The molecule has 0 aromatic heterocycles. The van der Waals surface area contributed by atoms with Crippen LogP contribution in [-0.4, -0.2) is 46.0 Å². The van der Waals surface area contributed by atoms with Crippen LogP contribution in [0.2, 0.25) is 0 Å². The Balaban J connectivity index is 2.25. The molecule has 8 heteroatoms. The summed E-state index contributed by atoms with van der Waals surface area (Å²) in [6.45, 7) is 6.64. The average Bonchev–Trinajstić information content (AvgIpc) is 2.63. The number of methoxy groups -OCH3 is 2. The van der Waals surface area contributed by atoms with Crippen LogP contribution in [0, 0.1) is 5.92 Å². The molecule has 0 saturated carbocycles. The molecule has 0 bridgehead atoms. The molecule has 1 heterocycles. The van der Waals surface area contributed by atoms with E-state index in [2.05, 4.69) is 17.2 Å². The molecule has 2 N–H and O–H groups in total. The van der Waals surface area contributed by atoms with Gasteiger partial charge in [0.05, 0.1) is 26.9 Å². The molecule has 0 aliphatic carbocycles. The Bertz CT molecular complexity index is 676. The molecule has 1 aromatic rings. The number of rotatable bonds is 8. The number of hydrogen-bond acceptors (Lipinski definition) is 6. The second-order valence-corrected chi connectivity index (χ2v) is 5.56. The fourth-order valence-electron chi connectivity index (χ4n) is 2.72. The van der Waals surface area contributed by atoms with Crippen molar-refractivity contribution in [3.63, 3.8) is 0 Å². The van der Waals surface area contributed by atoms with Crippen molar-refractivity contribution in [3.05, 3.63) is 36.0 Å². The summed E-state index contributed by atoms with van der Waals surface area (Å²) in [5, 5.41) is 5.28. The van der Waals surface area contributed by atoms with Gasteiger partial charge in [-0.1, -0.05) is 12.6 Å². The van der Waals surface area contributed by atoms with Crippen LogP contribution in [0.15, 0.2) is 30.5 Å². The van der Waals surface area contributed by atoms with Crippen LogP contribution in [0.3, 0.4) is 0 Å². The smallest absolute Gasteiger partial charge is 0.319 e. The van der Waals surface area contributed by atoms with E-state index in [9.17, 15) is 9.59 Å². The molecule has 0 radical (unpaired) electrons. The maximum Gasteiger partial charge on any atom is 0.319 e. The van der Waals surface area contributed by atoms with Gasteiger partial charge < -0.3 is 29.6 Å². The summed E-state index contributed by atoms with van der Waals surface area (Å²) >= 11 is 0. The summed E-state index contributed by atoms with van der Waals surface area (Å²) in [5.41, 5.74) is 0.945. The molecule has 142 valence electrons. The van der Waals surface area contributed by atoms with Crippen LogP contribution in [0.25, 0.3) is 0 Å². The topological polar surface area (TPSA) is 95.1 Å². The van der Waals surface area contributed by atoms with Gasteiger partial charge in [-0.05, 0) is 24.6 Å². The van der Waals surface area contributed by atoms with E-state index < -0.39 is 24.0 Å². The minimum atomic E-state index is -0.785. The van der Waals surface area contributed by atoms with E-state index in [4.69, 9.17) is 18.9 Å². The minimum Gasteiger partial charge on any atom is -0.493 e. The van der Waals surface area contributed by atoms with Crippen LogP contribution in [-0.2, 0) is 14.3 Å². The van der Waals surface area contributed by atoms with Crippen molar-refractivity contribution in [1.82, 2.24) is 10.6 Å². The van der Waals surface area contributed by atoms with Crippen LogP contribution in [0.1, 0.15) is 18.5 Å². The maximum absolute atomic E-state index is 12.6. The molecule has 1 saturated heterocycles. The van der Waals surface area contributed by atoms with Crippen LogP contribution in [0.4, 0.5) is 4.79 Å². The number of hydrogen-bond donors (Lipinski definition) is 2. The first-order valence-corrected chi connectivity index (χ1v) is 8.24. The van der Waals surface area contributed by atoms with E-state index in [0.717, 1.165) is 0 Å². The maximum atomic E-state index is 12.6. The van der Waals surface area contributed by atoms with Gasteiger partial charge in [0.15, 0.2) is 11.5 Å².